The van der Waals surface area contributed by atoms with Crippen LogP contribution in [0.25, 0.3) is 23.0 Å². The molecule has 0 saturated heterocycles. The number of aromatic nitrogens is 1. The standard InChI is InChI=1S/C31H33Cl4N3O2/c1-5-17(2)26-19(16-37-20-9-10-20)13-18(14-25(26)33)30(39)36-12-11-21-15-23(31(3,4)40)28(35)29(38-21)22-7-6-8-24(32)27(22)34/h6-8,13-16,20,37,40H,5,9-12H2,1-4H3,(H,36,39)/b19-16-,26-17?. The quantitative estimate of drug-likeness (QED) is 0.251. The Bertz CT molecular complexity index is 1560. The van der Waals surface area contributed by atoms with Crippen LogP contribution < -0.4 is 21.1 Å². The molecule has 9 heteroatoms. The van der Waals surface area contributed by atoms with Crippen molar-refractivity contribution in [3.63, 3.8) is 0 Å². The highest BCUT2D eigenvalue weighted by atomic mass is 35.5. The Morgan fingerprint density at radius 1 is 1.10 bits per heavy atom. The SMILES string of the molecule is CCC(C)=c1c(Cl)cc(C(=O)NCCc2cc(C(C)(C)O)c(Cl)c(-c3cccc(Cl)c3Cl)n2)c/c1=C/NC1CC1. The Morgan fingerprint density at radius 2 is 1.82 bits per heavy atom. The number of hydrogen-bond acceptors (Lipinski definition) is 4. The van der Waals surface area contributed by atoms with Crippen LogP contribution in [0.15, 0.2) is 36.4 Å². The van der Waals surface area contributed by atoms with Crippen molar-refractivity contribution in [2.45, 2.75) is 65.0 Å². The number of nitrogens with one attached hydrogen (secondary N) is 2. The largest absolute Gasteiger partial charge is 0.388 e. The van der Waals surface area contributed by atoms with Gasteiger partial charge in [0.05, 0.1) is 26.4 Å². The van der Waals surface area contributed by atoms with Crippen LogP contribution >= 0.6 is 46.4 Å². The Balaban J connectivity index is 1.60. The zero-order chi connectivity index (χ0) is 29.2. The first kappa shape index (κ1) is 30.7. The van der Waals surface area contributed by atoms with Gasteiger partial charge in [0.15, 0.2) is 0 Å². The van der Waals surface area contributed by atoms with Crippen molar-refractivity contribution in [1.29, 1.82) is 0 Å². The van der Waals surface area contributed by atoms with Crippen LogP contribution in [0.2, 0.25) is 20.1 Å². The van der Waals surface area contributed by atoms with Gasteiger partial charge in [0.25, 0.3) is 5.91 Å². The fourth-order valence-electron chi connectivity index (χ4n) is 4.38. The molecule has 1 amide bonds. The highest BCUT2D eigenvalue weighted by molar-refractivity contribution is 6.44. The molecule has 0 bridgehead atoms. The second-order valence-electron chi connectivity index (χ2n) is 10.6. The number of carbonyl (C=O) groups excluding carboxylic acids is 1. The molecule has 5 nitrogen and oxygen atoms in total. The minimum atomic E-state index is -1.23. The van der Waals surface area contributed by atoms with Gasteiger partial charge in [0.1, 0.15) is 0 Å². The van der Waals surface area contributed by atoms with Crippen LogP contribution in [0, 0.1) is 0 Å². The Morgan fingerprint density at radius 3 is 2.48 bits per heavy atom. The van der Waals surface area contributed by atoms with Gasteiger partial charge < -0.3 is 15.7 Å². The number of pyridine rings is 1. The summed E-state index contributed by atoms with van der Waals surface area (Å²) in [5, 5.41) is 20.6. The Kier molecular flexibility index (Phi) is 9.74. The van der Waals surface area contributed by atoms with Crippen LogP contribution in [-0.2, 0) is 12.0 Å². The average molecular weight is 621 g/mol. The van der Waals surface area contributed by atoms with Gasteiger partial charge in [-0.3, -0.25) is 9.78 Å². The first-order valence-corrected chi connectivity index (χ1v) is 14.8. The summed E-state index contributed by atoms with van der Waals surface area (Å²) >= 11 is 26.1. The maximum Gasteiger partial charge on any atom is 0.251 e. The summed E-state index contributed by atoms with van der Waals surface area (Å²) in [7, 11) is 0. The first-order valence-electron chi connectivity index (χ1n) is 13.3. The van der Waals surface area contributed by atoms with E-state index in [1.807, 2.05) is 12.3 Å². The number of benzene rings is 2. The number of halogens is 4. The van der Waals surface area contributed by atoms with Gasteiger partial charge in [-0.1, -0.05) is 71.0 Å². The Labute approximate surface area is 255 Å². The summed E-state index contributed by atoms with van der Waals surface area (Å²) in [5.41, 5.74) is 2.53. The van der Waals surface area contributed by atoms with E-state index in [1.165, 1.54) is 0 Å². The third-order valence-electron chi connectivity index (χ3n) is 6.94. The topological polar surface area (TPSA) is 74.2 Å². The van der Waals surface area contributed by atoms with E-state index in [0.717, 1.165) is 35.3 Å². The fraction of sp³-hybridized carbons (Fsp3) is 0.355. The van der Waals surface area contributed by atoms with Gasteiger partial charge in [-0.15, -0.1) is 0 Å². The number of rotatable bonds is 9. The maximum atomic E-state index is 13.2. The van der Waals surface area contributed by atoms with Gasteiger partial charge in [-0.2, -0.15) is 0 Å². The molecule has 0 atom stereocenters. The van der Waals surface area contributed by atoms with Crippen LogP contribution in [0.1, 0.15) is 68.6 Å². The van der Waals surface area contributed by atoms with Crippen molar-refractivity contribution in [1.82, 2.24) is 15.6 Å². The van der Waals surface area contributed by atoms with Crippen molar-refractivity contribution >= 4 is 64.1 Å². The zero-order valence-corrected chi connectivity index (χ0v) is 26.0. The lowest BCUT2D eigenvalue weighted by Crippen LogP contribution is -2.34. The number of amides is 1. The summed E-state index contributed by atoms with van der Waals surface area (Å²) in [6.45, 7) is 7.76. The summed E-state index contributed by atoms with van der Waals surface area (Å²) in [4.78, 5) is 17.9. The van der Waals surface area contributed by atoms with E-state index in [4.69, 9.17) is 51.4 Å². The minimum absolute atomic E-state index is 0.238. The lowest BCUT2D eigenvalue weighted by Gasteiger charge is -2.22. The number of aliphatic hydroxyl groups is 1. The molecule has 0 radical (unpaired) electrons. The van der Waals surface area contributed by atoms with Crippen molar-refractivity contribution in [2.75, 3.05) is 6.54 Å². The Hall–Kier alpha value is -2.28. The first-order chi connectivity index (χ1) is 18.9. The van der Waals surface area contributed by atoms with Gasteiger partial charge in [-0.25, -0.2) is 0 Å². The molecule has 0 aliphatic heterocycles. The smallest absolute Gasteiger partial charge is 0.251 e. The van der Waals surface area contributed by atoms with E-state index in [0.29, 0.717) is 67.2 Å². The third-order valence-corrected chi connectivity index (χ3v) is 8.43. The lowest BCUT2D eigenvalue weighted by molar-refractivity contribution is 0.0785. The molecule has 1 saturated carbocycles. The van der Waals surface area contributed by atoms with E-state index in [-0.39, 0.29) is 5.91 Å². The molecule has 2 aromatic carbocycles. The van der Waals surface area contributed by atoms with E-state index in [2.05, 4.69) is 24.5 Å². The van der Waals surface area contributed by atoms with E-state index >= 15 is 0 Å². The predicted molar refractivity (Wildman–Crippen MR) is 167 cm³/mol. The van der Waals surface area contributed by atoms with Crippen LogP contribution in [0.3, 0.4) is 0 Å². The van der Waals surface area contributed by atoms with E-state index in [1.54, 1.807) is 44.2 Å². The highest BCUT2D eigenvalue weighted by Crippen LogP contribution is 2.40. The molecule has 4 rings (SSSR count). The van der Waals surface area contributed by atoms with Crippen LogP contribution in [0.4, 0.5) is 0 Å². The molecule has 3 N–H and O–H groups in total. The lowest BCUT2D eigenvalue weighted by atomic mass is 9.95. The molecule has 1 fully saturated rings. The molecule has 1 heterocycles. The van der Waals surface area contributed by atoms with Gasteiger partial charge >= 0.3 is 0 Å². The van der Waals surface area contributed by atoms with Gasteiger partial charge in [0, 0.05) is 57.8 Å². The second kappa shape index (κ2) is 12.7. The highest BCUT2D eigenvalue weighted by Gasteiger charge is 2.25. The van der Waals surface area contributed by atoms with Crippen molar-refractivity contribution in [3.05, 3.63) is 83.7 Å². The van der Waals surface area contributed by atoms with Crippen molar-refractivity contribution < 1.29 is 9.90 Å². The molecular formula is C31H33Cl4N3O2. The molecule has 0 spiro atoms. The monoisotopic (exact) mass is 619 g/mol. The van der Waals surface area contributed by atoms with Crippen LogP contribution in [0.5, 0.6) is 0 Å². The molecule has 1 aliphatic rings. The summed E-state index contributed by atoms with van der Waals surface area (Å²) < 4.78 is 0. The zero-order valence-electron chi connectivity index (χ0n) is 23.0. The van der Waals surface area contributed by atoms with Gasteiger partial charge in [0.2, 0.25) is 0 Å². The molecule has 1 aromatic heterocycles. The normalized spacial score (nSPS) is 14.8. The fourth-order valence-corrected chi connectivity index (χ4v) is 5.59. The molecule has 1 aliphatic carbocycles. The average Bonchev–Trinajstić information content (AvgIpc) is 3.73. The third kappa shape index (κ3) is 7.13. The number of carbonyl (C=O) groups is 1. The number of hydrogen-bond donors (Lipinski definition) is 3. The minimum Gasteiger partial charge on any atom is -0.388 e. The number of nitrogens with zero attached hydrogens (tertiary/aromatic N) is 1. The predicted octanol–water partition coefficient (Wildman–Crippen LogP) is 6.63. The molecule has 40 heavy (non-hydrogen) atoms. The van der Waals surface area contributed by atoms with Gasteiger partial charge in [-0.05, 0) is 69.5 Å². The summed E-state index contributed by atoms with van der Waals surface area (Å²) in [5.74, 6) is -0.238. The molecule has 212 valence electrons. The van der Waals surface area contributed by atoms with Crippen molar-refractivity contribution in [3.8, 4) is 11.3 Å². The second-order valence-corrected chi connectivity index (χ2v) is 12.2. The summed E-state index contributed by atoms with van der Waals surface area (Å²) in [6, 6.07) is 11.0. The molecular weight excluding hydrogens is 588 g/mol. The maximum absolute atomic E-state index is 13.2. The molecule has 0 unspecified atom stereocenters. The van der Waals surface area contributed by atoms with E-state index in [9.17, 15) is 9.90 Å². The van der Waals surface area contributed by atoms with Crippen LogP contribution in [-0.4, -0.2) is 28.6 Å². The summed E-state index contributed by atoms with van der Waals surface area (Å²) in [6.07, 6.45) is 5.52. The van der Waals surface area contributed by atoms with E-state index < -0.39 is 5.60 Å². The molecule has 3 aromatic rings. The van der Waals surface area contributed by atoms with Crippen molar-refractivity contribution in [2.24, 2.45) is 0 Å².